The van der Waals surface area contributed by atoms with Gasteiger partial charge in [-0.15, -0.1) is 0 Å². The lowest BCUT2D eigenvalue weighted by molar-refractivity contribution is -0.141. The van der Waals surface area contributed by atoms with Crippen LogP contribution in [0, 0.1) is 23.7 Å². The third-order valence-corrected chi connectivity index (χ3v) is 6.98. The number of hydrogen-bond donors (Lipinski definition) is 0. The molecule has 0 amide bonds. The first-order valence-corrected chi connectivity index (χ1v) is 11.3. The lowest BCUT2D eigenvalue weighted by Gasteiger charge is -2.47. The van der Waals surface area contributed by atoms with Crippen molar-refractivity contribution in [3.05, 3.63) is 35.9 Å². The Hall–Kier alpha value is -1.39. The highest BCUT2D eigenvalue weighted by Gasteiger charge is 2.63. The molecule has 1 saturated carbocycles. The highest BCUT2D eigenvalue weighted by molar-refractivity contribution is 5.89. The first-order chi connectivity index (χ1) is 13.9. The Kier molecular flexibility index (Phi) is 7.39. The monoisotopic (exact) mass is 402 g/mol. The van der Waals surface area contributed by atoms with E-state index in [0.717, 1.165) is 31.8 Å². The summed E-state index contributed by atoms with van der Waals surface area (Å²) in [5, 5.41) is 0. The van der Waals surface area contributed by atoms with Gasteiger partial charge in [-0.3, -0.25) is 0 Å². The molecule has 2 fully saturated rings. The molecule has 1 aliphatic heterocycles. The standard InChI is InChI=1S/C25H38O4/c1-6-19-15-25(16-28-25)21(18(4)12-10-11-17(2)3)23(27-5)22(19)29-24(26)20-13-8-7-9-14-20/h7-9,13-14,17-19,21-23H,6,10-12,15-16H2,1-5H3/t18?,19-,21+,22-,23+,25+/m1/s1. The lowest BCUT2D eigenvalue weighted by atomic mass is 9.64. The molecule has 3 rings (SSSR count). The molecule has 1 saturated heterocycles. The van der Waals surface area contributed by atoms with E-state index in [1.165, 1.54) is 12.8 Å². The Morgan fingerprint density at radius 3 is 2.41 bits per heavy atom. The zero-order valence-electron chi connectivity index (χ0n) is 18.7. The van der Waals surface area contributed by atoms with Gasteiger partial charge in [0.25, 0.3) is 0 Å². The maximum Gasteiger partial charge on any atom is 0.338 e. The first-order valence-electron chi connectivity index (χ1n) is 11.3. The molecule has 1 aliphatic carbocycles. The highest BCUT2D eigenvalue weighted by atomic mass is 16.6. The van der Waals surface area contributed by atoms with Gasteiger partial charge in [0.2, 0.25) is 0 Å². The molecular weight excluding hydrogens is 364 g/mol. The van der Waals surface area contributed by atoms with E-state index >= 15 is 0 Å². The Bertz CT molecular complexity index is 652. The number of rotatable bonds is 9. The average molecular weight is 403 g/mol. The topological polar surface area (TPSA) is 48.1 Å². The second kappa shape index (κ2) is 9.61. The van der Waals surface area contributed by atoms with Gasteiger partial charge in [-0.1, -0.05) is 65.2 Å². The summed E-state index contributed by atoms with van der Waals surface area (Å²) < 4.78 is 18.2. The van der Waals surface area contributed by atoms with Gasteiger partial charge in [0.1, 0.15) is 12.2 Å². The van der Waals surface area contributed by atoms with E-state index in [9.17, 15) is 4.79 Å². The Morgan fingerprint density at radius 1 is 1.17 bits per heavy atom. The van der Waals surface area contributed by atoms with Crippen LogP contribution in [-0.4, -0.2) is 37.5 Å². The second-order valence-corrected chi connectivity index (χ2v) is 9.49. The van der Waals surface area contributed by atoms with Crippen molar-refractivity contribution in [2.45, 2.75) is 77.6 Å². The number of ether oxygens (including phenoxy) is 3. The van der Waals surface area contributed by atoms with Crippen LogP contribution in [0.4, 0.5) is 0 Å². The van der Waals surface area contributed by atoms with Gasteiger partial charge < -0.3 is 14.2 Å². The van der Waals surface area contributed by atoms with Crippen molar-refractivity contribution in [1.82, 2.24) is 0 Å². The predicted octanol–water partition coefficient (Wildman–Crippen LogP) is 5.50. The number of carbonyl (C=O) groups excluding carboxylic acids is 1. The van der Waals surface area contributed by atoms with Crippen LogP contribution in [0.3, 0.4) is 0 Å². The SMILES string of the molecule is CC[C@@H]1C[C@]2(CO2)[C@@H](C(C)CCCC(C)C)[C@H](OC)[C@@H]1OC(=O)c1ccccc1. The minimum atomic E-state index is -0.255. The Labute approximate surface area is 176 Å². The van der Waals surface area contributed by atoms with Gasteiger partial charge in [-0.05, 0) is 36.8 Å². The van der Waals surface area contributed by atoms with Crippen molar-refractivity contribution in [1.29, 1.82) is 0 Å². The van der Waals surface area contributed by atoms with Crippen molar-refractivity contribution in [2.24, 2.45) is 23.7 Å². The maximum atomic E-state index is 12.8. The van der Waals surface area contributed by atoms with Crippen LogP contribution in [0.1, 0.15) is 70.2 Å². The predicted molar refractivity (Wildman–Crippen MR) is 115 cm³/mol. The van der Waals surface area contributed by atoms with Crippen molar-refractivity contribution < 1.29 is 19.0 Å². The largest absolute Gasteiger partial charge is 0.456 e. The van der Waals surface area contributed by atoms with Crippen LogP contribution in [0.5, 0.6) is 0 Å². The second-order valence-electron chi connectivity index (χ2n) is 9.49. The molecule has 1 aromatic rings. The van der Waals surface area contributed by atoms with Crippen LogP contribution < -0.4 is 0 Å². The number of epoxide rings is 1. The molecule has 0 radical (unpaired) electrons. The third kappa shape index (κ3) is 5.03. The quantitative estimate of drug-likeness (QED) is 0.404. The van der Waals surface area contributed by atoms with Crippen LogP contribution in [0.25, 0.3) is 0 Å². The van der Waals surface area contributed by atoms with E-state index in [-0.39, 0.29) is 35.6 Å². The van der Waals surface area contributed by atoms with Crippen molar-refractivity contribution in [3.8, 4) is 0 Å². The van der Waals surface area contributed by atoms with Crippen LogP contribution in [-0.2, 0) is 14.2 Å². The smallest absolute Gasteiger partial charge is 0.338 e. The molecular formula is C25H38O4. The van der Waals surface area contributed by atoms with Crippen molar-refractivity contribution in [3.63, 3.8) is 0 Å². The molecule has 0 bridgehead atoms. The molecule has 1 unspecified atom stereocenters. The number of carbonyl (C=O) groups is 1. The average Bonchev–Trinajstić information content (AvgIpc) is 3.48. The normalized spacial score (nSPS) is 32.3. The molecule has 1 aromatic carbocycles. The molecule has 2 aliphatic rings. The van der Waals surface area contributed by atoms with E-state index in [4.69, 9.17) is 14.2 Å². The molecule has 4 nitrogen and oxygen atoms in total. The molecule has 0 aromatic heterocycles. The fourth-order valence-electron chi connectivity index (χ4n) is 5.33. The molecule has 1 heterocycles. The molecule has 1 spiro atoms. The third-order valence-electron chi connectivity index (χ3n) is 6.98. The van der Waals surface area contributed by atoms with Crippen molar-refractivity contribution in [2.75, 3.05) is 13.7 Å². The summed E-state index contributed by atoms with van der Waals surface area (Å²) in [6.07, 6.45) is 5.16. The fraction of sp³-hybridized carbons (Fsp3) is 0.720. The summed E-state index contributed by atoms with van der Waals surface area (Å²) >= 11 is 0. The summed E-state index contributed by atoms with van der Waals surface area (Å²) in [7, 11) is 1.76. The van der Waals surface area contributed by atoms with E-state index in [1.807, 2.05) is 30.3 Å². The molecule has 0 N–H and O–H groups in total. The Balaban J connectivity index is 1.78. The zero-order chi connectivity index (χ0) is 21.0. The first kappa shape index (κ1) is 22.3. The maximum absolute atomic E-state index is 12.8. The molecule has 6 atom stereocenters. The number of methoxy groups -OCH3 is 1. The molecule has 29 heavy (non-hydrogen) atoms. The van der Waals surface area contributed by atoms with Crippen LogP contribution in [0.2, 0.25) is 0 Å². The summed E-state index contributed by atoms with van der Waals surface area (Å²) in [6.45, 7) is 9.85. The summed E-state index contributed by atoms with van der Waals surface area (Å²) in [5.74, 6) is 1.46. The Morgan fingerprint density at radius 2 is 1.86 bits per heavy atom. The number of esters is 1. The minimum absolute atomic E-state index is 0.0890. The summed E-state index contributed by atoms with van der Waals surface area (Å²) in [5.41, 5.74) is 0.510. The van der Waals surface area contributed by atoms with Gasteiger partial charge in [0.05, 0.1) is 17.8 Å². The van der Waals surface area contributed by atoms with Gasteiger partial charge in [0.15, 0.2) is 0 Å². The molecule has 162 valence electrons. The number of hydrogen-bond acceptors (Lipinski definition) is 4. The van der Waals surface area contributed by atoms with Gasteiger partial charge in [-0.2, -0.15) is 0 Å². The van der Waals surface area contributed by atoms with Gasteiger partial charge in [0, 0.05) is 18.9 Å². The zero-order valence-corrected chi connectivity index (χ0v) is 18.7. The van der Waals surface area contributed by atoms with E-state index in [2.05, 4.69) is 27.7 Å². The van der Waals surface area contributed by atoms with Crippen LogP contribution >= 0.6 is 0 Å². The highest BCUT2D eigenvalue weighted by Crippen LogP contribution is 2.54. The fourth-order valence-corrected chi connectivity index (χ4v) is 5.33. The van der Waals surface area contributed by atoms with E-state index in [0.29, 0.717) is 11.5 Å². The van der Waals surface area contributed by atoms with E-state index < -0.39 is 0 Å². The summed E-state index contributed by atoms with van der Waals surface area (Å²) in [4.78, 5) is 12.8. The van der Waals surface area contributed by atoms with Crippen molar-refractivity contribution >= 4 is 5.97 Å². The molecule has 4 heteroatoms. The number of benzene rings is 1. The van der Waals surface area contributed by atoms with Gasteiger partial charge >= 0.3 is 5.97 Å². The summed E-state index contributed by atoms with van der Waals surface area (Å²) in [6, 6.07) is 9.27. The lowest BCUT2D eigenvalue weighted by Crippen LogP contribution is -2.56. The van der Waals surface area contributed by atoms with Crippen LogP contribution in [0.15, 0.2) is 30.3 Å². The van der Waals surface area contributed by atoms with Gasteiger partial charge in [-0.25, -0.2) is 4.79 Å². The van der Waals surface area contributed by atoms with E-state index in [1.54, 1.807) is 7.11 Å². The minimum Gasteiger partial charge on any atom is -0.456 e.